The lowest BCUT2D eigenvalue weighted by Crippen LogP contribution is -2.40. The number of hydrogen-bond donors (Lipinski definition) is 2. The van der Waals surface area contributed by atoms with Gasteiger partial charge in [-0.3, -0.25) is 9.89 Å². The molecule has 0 radical (unpaired) electrons. The molecule has 1 fully saturated rings. The average molecular weight is 368 g/mol. The lowest BCUT2D eigenvalue weighted by Gasteiger charge is -2.34. The Balaban J connectivity index is 1.74. The van der Waals surface area contributed by atoms with Crippen molar-refractivity contribution in [1.29, 1.82) is 0 Å². The van der Waals surface area contributed by atoms with E-state index in [0.717, 1.165) is 37.7 Å². The summed E-state index contributed by atoms with van der Waals surface area (Å²) in [5, 5.41) is 3.14. The Hall–Kier alpha value is -2.57. The molecule has 0 aliphatic carbocycles. The van der Waals surface area contributed by atoms with E-state index >= 15 is 0 Å². The molecule has 27 heavy (non-hydrogen) atoms. The van der Waals surface area contributed by atoms with Crippen LogP contribution in [0.2, 0.25) is 0 Å². The monoisotopic (exact) mass is 368 g/mol. The van der Waals surface area contributed by atoms with E-state index in [4.69, 9.17) is 15.2 Å². The van der Waals surface area contributed by atoms with Gasteiger partial charge in [0.15, 0.2) is 5.96 Å². The number of guanidine groups is 1. The summed E-state index contributed by atoms with van der Waals surface area (Å²) in [6.45, 7) is 5.97. The summed E-state index contributed by atoms with van der Waals surface area (Å²) < 4.78 is 10.9. The molecule has 6 nitrogen and oxygen atoms in total. The third-order valence-electron chi connectivity index (χ3n) is 4.75. The summed E-state index contributed by atoms with van der Waals surface area (Å²) in [6.07, 6.45) is 0. The van der Waals surface area contributed by atoms with Gasteiger partial charge in [0, 0.05) is 13.1 Å². The minimum Gasteiger partial charge on any atom is -0.495 e. The van der Waals surface area contributed by atoms with Gasteiger partial charge in [-0.25, -0.2) is 0 Å². The molecule has 0 aromatic heterocycles. The van der Waals surface area contributed by atoms with Gasteiger partial charge in [0.25, 0.3) is 0 Å². The lowest BCUT2D eigenvalue weighted by atomic mass is 10.0. The standard InChI is InChI=1S/C21H28N4O2/c1-16-7-9-17(10-8-16)19(25-11-13-27-14-12-25)15-23-21(22)24-18-5-3-4-6-20(18)26-2/h3-10,19H,11-15H2,1-2H3,(H3,22,23,24). The Morgan fingerprint density at radius 3 is 2.59 bits per heavy atom. The molecule has 1 saturated heterocycles. The minimum absolute atomic E-state index is 0.174. The van der Waals surface area contributed by atoms with E-state index in [0.29, 0.717) is 12.5 Å². The highest BCUT2D eigenvalue weighted by atomic mass is 16.5. The first-order valence-electron chi connectivity index (χ1n) is 9.25. The molecule has 1 unspecified atom stereocenters. The van der Waals surface area contributed by atoms with E-state index < -0.39 is 0 Å². The third kappa shape index (κ3) is 5.21. The number of nitrogens with one attached hydrogen (secondary N) is 1. The first kappa shape index (κ1) is 19.2. The van der Waals surface area contributed by atoms with E-state index in [1.54, 1.807) is 7.11 Å². The number of para-hydroxylation sites is 2. The van der Waals surface area contributed by atoms with Crippen LogP contribution in [0.3, 0.4) is 0 Å². The normalized spacial score (nSPS) is 16.7. The molecule has 1 heterocycles. The second-order valence-electron chi connectivity index (χ2n) is 6.63. The van der Waals surface area contributed by atoms with Gasteiger partial charge >= 0.3 is 0 Å². The van der Waals surface area contributed by atoms with E-state index in [1.807, 2.05) is 24.3 Å². The zero-order valence-corrected chi connectivity index (χ0v) is 16.0. The van der Waals surface area contributed by atoms with E-state index in [2.05, 4.69) is 46.4 Å². The minimum atomic E-state index is 0.174. The van der Waals surface area contributed by atoms with Gasteiger partial charge in [-0.2, -0.15) is 0 Å². The molecule has 144 valence electrons. The fourth-order valence-corrected chi connectivity index (χ4v) is 3.22. The summed E-state index contributed by atoms with van der Waals surface area (Å²) in [6, 6.07) is 16.5. The molecular weight excluding hydrogens is 340 g/mol. The Morgan fingerprint density at radius 2 is 1.89 bits per heavy atom. The van der Waals surface area contributed by atoms with Crippen molar-refractivity contribution in [2.45, 2.75) is 13.0 Å². The zero-order valence-electron chi connectivity index (χ0n) is 16.0. The number of nitrogens with two attached hydrogens (primary N) is 1. The summed E-state index contributed by atoms with van der Waals surface area (Å²) in [4.78, 5) is 7.03. The van der Waals surface area contributed by atoms with Crippen molar-refractivity contribution in [2.24, 2.45) is 10.7 Å². The Morgan fingerprint density at radius 1 is 1.19 bits per heavy atom. The van der Waals surface area contributed by atoms with Crippen LogP contribution in [0.25, 0.3) is 0 Å². The Labute approximate surface area is 161 Å². The van der Waals surface area contributed by atoms with Crippen LogP contribution in [0.15, 0.2) is 53.5 Å². The van der Waals surface area contributed by atoms with Gasteiger partial charge in [0.2, 0.25) is 0 Å². The van der Waals surface area contributed by atoms with Crippen LogP contribution in [0.1, 0.15) is 17.2 Å². The smallest absolute Gasteiger partial charge is 0.193 e. The van der Waals surface area contributed by atoms with Crippen LogP contribution in [0, 0.1) is 6.92 Å². The van der Waals surface area contributed by atoms with E-state index in [9.17, 15) is 0 Å². The lowest BCUT2D eigenvalue weighted by molar-refractivity contribution is 0.0180. The number of methoxy groups -OCH3 is 1. The number of rotatable bonds is 6. The van der Waals surface area contributed by atoms with Gasteiger partial charge in [-0.05, 0) is 24.6 Å². The molecule has 0 saturated carbocycles. The van der Waals surface area contributed by atoms with Crippen molar-refractivity contribution >= 4 is 11.6 Å². The predicted molar refractivity (Wildman–Crippen MR) is 109 cm³/mol. The summed E-state index contributed by atoms with van der Waals surface area (Å²) in [5.41, 5.74) is 9.45. The van der Waals surface area contributed by atoms with Crippen molar-refractivity contribution < 1.29 is 9.47 Å². The first-order valence-corrected chi connectivity index (χ1v) is 9.25. The number of ether oxygens (including phenoxy) is 2. The zero-order chi connectivity index (χ0) is 19.1. The molecule has 0 bridgehead atoms. The van der Waals surface area contributed by atoms with Crippen LogP contribution in [-0.2, 0) is 4.74 Å². The topological polar surface area (TPSA) is 72.1 Å². The number of benzene rings is 2. The predicted octanol–water partition coefficient (Wildman–Crippen LogP) is 2.80. The van der Waals surface area contributed by atoms with Crippen LogP contribution < -0.4 is 15.8 Å². The molecule has 3 N–H and O–H groups in total. The highest BCUT2D eigenvalue weighted by molar-refractivity contribution is 5.93. The number of anilines is 1. The maximum absolute atomic E-state index is 6.15. The van der Waals surface area contributed by atoms with Gasteiger partial charge in [-0.15, -0.1) is 0 Å². The molecule has 2 aromatic rings. The van der Waals surface area contributed by atoms with Crippen molar-refractivity contribution in [3.63, 3.8) is 0 Å². The van der Waals surface area contributed by atoms with Crippen molar-refractivity contribution in [2.75, 3.05) is 45.3 Å². The van der Waals surface area contributed by atoms with Crippen LogP contribution in [0.5, 0.6) is 5.75 Å². The summed E-state index contributed by atoms with van der Waals surface area (Å²) in [5.74, 6) is 1.11. The van der Waals surface area contributed by atoms with Crippen molar-refractivity contribution in [3.05, 3.63) is 59.7 Å². The van der Waals surface area contributed by atoms with Crippen LogP contribution >= 0.6 is 0 Å². The average Bonchev–Trinajstić information content (AvgIpc) is 2.70. The fourth-order valence-electron chi connectivity index (χ4n) is 3.22. The molecule has 6 heteroatoms. The Kier molecular flexibility index (Phi) is 6.68. The quantitative estimate of drug-likeness (QED) is 0.606. The molecule has 3 rings (SSSR count). The SMILES string of the molecule is COc1ccccc1NC(N)=NCC(c1ccc(C)cc1)N1CCOCC1. The number of aryl methyl sites for hydroxylation is 1. The van der Waals surface area contributed by atoms with E-state index in [-0.39, 0.29) is 6.04 Å². The van der Waals surface area contributed by atoms with Gasteiger partial charge in [-0.1, -0.05) is 42.0 Å². The third-order valence-corrected chi connectivity index (χ3v) is 4.75. The maximum Gasteiger partial charge on any atom is 0.193 e. The maximum atomic E-state index is 6.15. The fraction of sp³-hybridized carbons (Fsp3) is 0.381. The molecule has 0 spiro atoms. The Bertz CT molecular complexity index is 755. The second-order valence-corrected chi connectivity index (χ2v) is 6.63. The van der Waals surface area contributed by atoms with Crippen molar-refractivity contribution in [1.82, 2.24) is 4.90 Å². The molecule has 1 aliphatic heterocycles. The number of morpholine rings is 1. The largest absolute Gasteiger partial charge is 0.495 e. The second kappa shape index (κ2) is 9.39. The number of hydrogen-bond acceptors (Lipinski definition) is 4. The highest BCUT2D eigenvalue weighted by Crippen LogP contribution is 2.24. The number of aliphatic imine (C=N–C) groups is 1. The molecule has 1 aliphatic rings. The highest BCUT2D eigenvalue weighted by Gasteiger charge is 2.22. The van der Waals surface area contributed by atoms with E-state index in [1.165, 1.54) is 11.1 Å². The van der Waals surface area contributed by atoms with Crippen LogP contribution in [0.4, 0.5) is 5.69 Å². The summed E-state index contributed by atoms with van der Waals surface area (Å²) in [7, 11) is 1.64. The van der Waals surface area contributed by atoms with Gasteiger partial charge < -0.3 is 20.5 Å². The van der Waals surface area contributed by atoms with Gasteiger partial charge in [0.1, 0.15) is 5.75 Å². The van der Waals surface area contributed by atoms with Crippen LogP contribution in [-0.4, -0.2) is 50.8 Å². The molecule has 0 amide bonds. The van der Waals surface area contributed by atoms with Gasteiger partial charge in [0.05, 0.1) is 38.6 Å². The first-order chi connectivity index (χ1) is 13.2. The molecule has 2 aromatic carbocycles. The molecule has 1 atom stereocenters. The number of nitrogens with zero attached hydrogens (tertiary/aromatic N) is 2. The van der Waals surface area contributed by atoms with Crippen molar-refractivity contribution in [3.8, 4) is 5.75 Å². The molecular formula is C21H28N4O2. The summed E-state index contributed by atoms with van der Waals surface area (Å²) >= 11 is 0.